The van der Waals surface area contributed by atoms with Gasteiger partial charge < -0.3 is 0 Å². The fourth-order valence-electron chi connectivity index (χ4n) is 1.08. The van der Waals surface area contributed by atoms with Crippen molar-refractivity contribution in [3.8, 4) is 0 Å². The summed E-state index contributed by atoms with van der Waals surface area (Å²) in [4.78, 5) is 0. The summed E-state index contributed by atoms with van der Waals surface area (Å²) in [5.74, 6) is 0. The lowest BCUT2D eigenvalue weighted by atomic mass is 9.98. The predicted molar refractivity (Wildman–Crippen MR) is 44.9 cm³/mol. The molecule has 0 saturated carbocycles. The summed E-state index contributed by atoms with van der Waals surface area (Å²) in [5, 5.41) is 0. The van der Waals surface area contributed by atoms with Crippen LogP contribution < -0.4 is 0 Å². The van der Waals surface area contributed by atoms with Gasteiger partial charge in [-0.05, 0) is 20.3 Å². The number of hydrogen-bond donors (Lipinski definition) is 1. The van der Waals surface area contributed by atoms with Gasteiger partial charge in [0, 0.05) is 4.75 Å². The average molecular weight is 140 g/mol. The first-order valence-electron chi connectivity index (χ1n) is 3.18. The topological polar surface area (TPSA) is 0 Å². The zero-order chi connectivity index (χ0) is 6.91. The Morgan fingerprint density at radius 1 is 1.67 bits per heavy atom. The van der Waals surface area contributed by atoms with E-state index >= 15 is 0 Å². The first-order chi connectivity index (χ1) is 4.10. The Morgan fingerprint density at radius 2 is 2.33 bits per heavy atom. The van der Waals surface area contributed by atoms with Gasteiger partial charge in [0.05, 0.1) is 0 Å². The molecule has 0 aliphatic heterocycles. The lowest BCUT2D eigenvalue weighted by Gasteiger charge is -2.20. The molecule has 0 amide bonds. The molecule has 0 aromatic heterocycles. The van der Waals surface area contributed by atoms with Gasteiger partial charge >= 0.3 is 0 Å². The van der Waals surface area contributed by atoms with Crippen molar-refractivity contribution in [1.29, 1.82) is 0 Å². The van der Waals surface area contributed by atoms with Gasteiger partial charge in [-0.25, -0.2) is 0 Å². The van der Waals surface area contributed by atoms with E-state index in [0.29, 0.717) is 0 Å². The van der Waals surface area contributed by atoms with Crippen LogP contribution in [0.2, 0.25) is 0 Å². The molecule has 1 aliphatic rings. The first kappa shape index (κ1) is 6.94. The molecule has 9 heavy (non-hydrogen) atoms. The van der Waals surface area contributed by atoms with Gasteiger partial charge in [0.1, 0.15) is 0 Å². The van der Waals surface area contributed by atoms with Gasteiger partial charge in [-0.2, -0.15) is 12.6 Å². The van der Waals surface area contributed by atoms with E-state index in [0.717, 1.165) is 6.42 Å². The maximum Gasteiger partial charge on any atom is 0.0320 e. The summed E-state index contributed by atoms with van der Waals surface area (Å²) in [6, 6.07) is 0. The molecule has 0 N–H and O–H groups in total. The zero-order valence-electron chi connectivity index (χ0n) is 5.89. The van der Waals surface area contributed by atoms with Crippen molar-refractivity contribution in [3.05, 3.63) is 23.8 Å². The molecule has 0 radical (unpaired) electrons. The first-order valence-corrected chi connectivity index (χ1v) is 3.63. The second kappa shape index (κ2) is 2.22. The van der Waals surface area contributed by atoms with Gasteiger partial charge in [-0.3, -0.25) is 0 Å². The fraction of sp³-hybridized carbons (Fsp3) is 0.500. The molecule has 0 saturated heterocycles. The summed E-state index contributed by atoms with van der Waals surface area (Å²) in [5.41, 5.74) is 1.32. The molecular weight excluding hydrogens is 128 g/mol. The highest BCUT2D eigenvalue weighted by molar-refractivity contribution is 7.82. The minimum Gasteiger partial charge on any atom is -0.168 e. The highest BCUT2D eigenvalue weighted by Crippen LogP contribution is 2.26. The summed E-state index contributed by atoms with van der Waals surface area (Å²) in [6.07, 6.45) is 7.55. The quantitative estimate of drug-likeness (QED) is 0.491. The predicted octanol–water partition coefficient (Wildman–Crippen LogP) is 2.58. The van der Waals surface area contributed by atoms with E-state index in [9.17, 15) is 0 Å². The highest BCUT2D eigenvalue weighted by Gasteiger charge is 2.15. The van der Waals surface area contributed by atoms with Crippen molar-refractivity contribution in [2.45, 2.75) is 25.0 Å². The number of thiol groups is 1. The van der Waals surface area contributed by atoms with E-state index in [-0.39, 0.29) is 4.75 Å². The molecule has 0 aromatic carbocycles. The minimum atomic E-state index is 0.0961. The number of allylic oxidation sites excluding steroid dienone is 3. The van der Waals surface area contributed by atoms with Crippen LogP contribution in [0.25, 0.3) is 0 Å². The van der Waals surface area contributed by atoms with Crippen molar-refractivity contribution in [2.75, 3.05) is 0 Å². The van der Waals surface area contributed by atoms with Crippen LogP contribution in [0, 0.1) is 0 Å². The molecule has 1 aliphatic carbocycles. The van der Waals surface area contributed by atoms with Gasteiger partial charge in [0.25, 0.3) is 0 Å². The Balaban J connectivity index is 2.78. The molecule has 1 heteroatoms. The van der Waals surface area contributed by atoms with Crippen LogP contribution in [0.3, 0.4) is 0 Å². The molecule has 1 rings (SSSR count). The summed E-state index contributed by atoms with van der Waals surface area (Å²) >= 11 is 4.45. The van der Waals surface area contributed by atoms with Crippen LogP contribution in [0.1, 0.15) is 20.3 Å². The lowest BCUT2D eigenvalue weighted by molar-refractivity contribution is 0.796. The Labute approximate surface area is 62.1 Å². The summed E-state index contributed by atoms with van der Waals surface area (Å²) < 4.78 is 0.0961. The van der Waals surface area contributed by atoms with Gasteiger partial charge in [-0.1, -0.05) is 23.8 Å². The van der Waals surface area contributed by atoms with E-state index in [4.69, 9.17) is 0 Å². The van der Waals surface area contributed by atoms with E-state index in [1.165, 1.54) is 5.57 Å². The molecule has 50 valence electrons. The van der Waals surface area contributed by atoms with Crippen LogP contribution in [-0.2, 0) is 0 Å². The zero-order valence-corrected chi connectivity index (χ0v) is 6.78. The minimum absolute atomic E-state index is 0.0961. The van der Waals surface area contributed by atoms with Gasteiger partial charge in [-0.15, -0.1) is 0 Å². The molecule has 0 nitrogen and oxygen atoms in total. The Bertz CT molecular complexity index is 163. The molecule has 0 spiro atoms. The van der Waals surface area contributed by atoms with Crippen molar-refractivity contribution in [2.24, 2.45) is 0 Å². The maximum absolute atomic E-state index is 4.45. The van der Waals surface area contributed by atoms with Crippen molar-refractivity contribution < 1.29 is 0 Å². The van der Waals surface area contributed by atoms with Crippen molar-refractivity contribution in [3.63, 3.8) is 0 Å². The van der Waals surface area contributed by atoms with E-state index in [1.54, 1.807) is 0 Å². The van der Waals surface area contributed by atoms with Crippen molar-refractivity contribution >= 4 is 12.6 Å². The highest BCUT2D eigenvalue weighted by atomic mass is 32.1. The third-order valence-electron chi connectivity index (χ3n) is 1.45. The summed E-state index contributed by atoms with van der Waals surface area (Å²) in [6.45, 7) is 4.23. The van der Waals surface area contributed by atoms with Crippen molar-refractivity contribution in [1.82, 2.24) is 0 Å². The normalized spacial score (nSPS) is 34.3. The Kier molecular flexibility index (Phi) is 1.71. The molecule has 1 unspecified atom stereocenters. The maximum atomic E-state index is 4.45. The smallest absolute Gasteiger partial charge is 0.0320 e. The standard InChI is InChI=1S/C8H12S/c1-7-4-3-5-8(2,9)6-7/h3-4,6,9H,5H2,1-2H3. The van der Waals surface area contributed by atoms with Crippen LogP contribution in [-0.4, -0.2) is 4.75 Å². The van der Waals surface area contributed by atoms with E-state index < -0.39 is 0 Å². The average Bonchev–Trinajstić information content (AvgIpc) is 1.60. The SMILES string of the molecule is CC1=CC(C)(S)CC=C1. The Morgan fingerprint density at radius 3 is 2.67 bits per heavy atom. The van der Waals surface area contributed by atoms with Gasteiger partial charge in [0.15, 0.2) is 0 Å². The van der Waals surface area contributed by atoms with E-state index in [1.807, 2.05) is 0 Å². The number of rotatable bonds is 0. The molecule has 0 bridgehead atoms. The third-order valence-corrected chi connectivity index (χ3v) is 1.76. The molecular formula is C8H12S. The van der Waals surface area contributed by atoms with Crippen LogP contribution in [0.15, 0.2) is 23.8 Å². The monoisotopic (exact) mass is 140 g/mol. The Hall–Kier alpha value is -0.170. The fourth-order valence-corrected chi connectivity index (χ4v) is 1.39. The second-order valence-corrected chi connectivity index (χ2v) is 3.87. The van der Waals surface area contributed by atoms with Crippen LogP contribution >= 0.6 is 12.6 Å². The molecule has 1 atom stereocenters. The third kappa shape index (κ3) is 1.90. The van der Waals surface area contributed by atoms with Crippen LogP contribution in [0.4, 0.5) is 0 Å². The largest absolute Gasteiger partial charge is 0.168 e. The lowest BCUT2D eigenvalue weighted by Crippen LogP contribution is -2.13. The molecule has 0 heterocycles. The van der Waals surface area contributed by atoms with Gasteiger partial charge in [0.2, 0.25) is 0 Å². The summed E-state index contributed by atoms with van der Waals surface area (Å²) in [7, 11) is 0. The van der Waals surface area contributed by atoms with Crippen LogP contribution in [0.5, 0.6) is 0 Å². The number of hydrogen-bond acceptors (Lipinski definition) is 1. The molecule has 0 fully saturated rings. The molecule has 0 aromatic rings. The second-order valence-electron chi connectivity index (χ2n) is 2.85. The van der Waals surface area contributed by atoms with E-state index in [2.05, 4.69) is 44.7 Å².